The van der Waals surface area contributed by atoms with Crippen LogP contribution >= 0.6 is 31.9 Å². The number of halogens is 2. The van der Waals surface area contributed by atoms with E-state index in [9.17, 15) is 4.79 Å². The number of ether oxygens (including phenoxy) is 1. The van der Waals surface area contributed by atoms with Crippen LogP contribution < -0.4 is 10.1 Å². The van der Waals surface area contributed by atoms with Crippen molar-refractivity contribution in [3.05, 3.63) is 62.5 Å². The minimum atomic E-state index is -0.869. The van der Waals surface area contributed by atoms with Crippen molar-refractivity contribution in [2.24, 2.45) is 0 Å². The molecular formula is C17H17Br2NO3. The van der Waals surface area contributed by atoms with E-state index in [0.717, 1.165) is 25.8 Å². The number of nitrogens with one attached hydrogen (secondary N) is 1. The molecule has 1 unspecified atom stereocenters. The van der Waals surface area contributed by atoms with E-state index in [-0.39, 0.29) is 0 Å². The molecule has 0 amide bonds. The van der Waals surface area contributed by atoms with E-state index in [2.05, 4.69) is 37.2 Å². The second-order valence-electron chi connectivity index (χ2n) is 5.10. The van der Waals surface area contributed by atoms with Gasteiger partial charge in [0.2, 0.25) is 0 Å². The maximum Gasteiger partial charge on any atom is 0.320 e. The Morgan fingerprint density at radius 3 is 2.35 bits per heavy atom. The first-order chi connectivity index (χ1) is 11.0. The van der Waals surface area contributed by atoms with Crippen molar-refractivity contribution in [1.29, 1.82) is 0 Å². The molecule has 1 atom stereocenters. The standard InChI is InChI=1S/C17H17Br2NO3/c1-11(17(21)22)20-9-13-7-14(18)16(15(19)8-13)23-10-12-5-3-2-4-6-12/h2-8,11,20H,9-10H2,1H3,(H,21,22). The fourth-order valence-corrected chi connectivity index (χ4v) is 3.45. The van der Waals surface area contributed by atoms with E-state index in [1.807, 2.05) is 42.5 Å². The summed E-state index contributed by atoms with van der Waals surface area (Å²) in [7, 11) is 0. The van der Waals surface area contributed by atoms with Crippen molar-refractivity contribution in [2.45, 2.75) is 26.1 Å². The van der Waals surface area contributed by atoms with Gasteiger partial charge in [0.25, 0.3) is 0 Å². The molecule has 0 saturated heterocycles. The molecule has 0 radical (unpaired) electrons. The minimum Gasteiger partial charge on any atom is -0.487 e. The molecule has 2 aromatic rings. The first-order valence-corrected chi connectivity index (χ1v) is 8.67. The predicted molar refractivity (Wildman–Crippen MR) is 96.6 cm³/mol. The number of carboxylic acid groups (broad SMARTS) is 1. The molecule has 0 aliphatic rings. The number of hydrogen-bond acceptors (Lipinski definition) is 3. The van der Waals surface area contributed by atoms with Crippen LogP contribution in [0.15, 0.2) is 51.4 Å². The lowest BCUT2D eigenvalue weighted by Crippen LogP contribution is -2.33. The summed E-state index contributed by atoms with van der Waals surface area (Å²) in [6.45, 7) is 2.55. The zero-order valence-corrected chi connectivity index (χ0v) is 15.7. The number of carbonyl (C=O) groups is 1. The van der Waals surface area contributed by atoms with Gasteiger partial charge in [0.05, 0.1) is 8.95 Å². The van der Waals surface area contributed by atoms with Crippen molar-refractivity contribution in [3.8, 4) is 5.75 Å². The second kappa shape index (κ2) is 8.47. The van der Waals surface area contributed by atoms with E-state index in [1.54, 1.807) is 6.92 Å². The quantitative estimate of drug-likeness (QED) is 0.669. The molecule has 2 N–H and O–H groups in total. The summed E-state index contributed by atoms with van der Waals surface area (Å²) in [5, 5.41) is 11.8. The van der Waals surface area contributed by atoms with Crippen LogP contribution in [0.5, 0.6) is 5.75 Å². The van der Waals surface area contributed by atoms with Crippen LogP contribution in [-0.4, -0.2) is 17.1 Å². The Balaban J connectivity index is 2.03. The third kappa shape index (κ3) is 5.34. The van der Waals surface area contributed by atoms with E-state index in [4.69, 9.17) is 9.84 Å². The van der Waals surface area contributed by atoms with Crippen LogP contribution in [0.2, 0.25) is 0 Å². The van der Waals surface area contributed by atoms with Crippen LogP contribution in [0.4, 0.5) is 0 Å². The smallest absolute Gasteiger partial charge is 0.320 e. The topological polar surface area (TPSA) is 58.6 Å². The molecule has 23 heavy (non-hydrogen) atoms. The first-order valence-electron chi connectivity index (χ1n) is 7.08. The average molecular weight is 443 g/mol. The average Bonchev–Trinajstić information content (AvgIpc) is 2.52. The molecule has 0 bridgehead atoms. The van der Waals surface area contributed by atoms with Crippen molar-refractivity contribution in [1.82, 2.24) is 5.32 Å². The maximum atomic E-state index is 10.8. The molecule has 2 aromatic carbocycles. The lowest BCUT2D eigenvalue weighted by molar-refractivity contribution is -0.139. The lowest BCUT2D eigenvalue weighted by Gasteiger charge is -2.14. The molecule has 2 rings (SSSR count). The molecule has 0 aromatic heterocycles. The molecule has 0 aliphatic heterocycles. The highest BCUT2D eigenvalue weighted by atomic mass is 79.9. The van der Waals surface area contributed by atoms with Gasteiger partial charge in [-0.25, -0.2) is 0 Å². The van der Waals surface area contributed by atoms with Gasteiger partial charge < -0.3 is 15.2 Å². The second-order valence-corrected chi connectivity index (χ2v) is 6.81. The van der Waals surface area contributed by atoms with Gasteiger partial charge in [-0.2, -0.15) is 0 Å². The van der Waals surface area contributed by atoms with Crippen LogP contribution in [0.1, 0.15) is 18.1 Å². The summed E-state index contributed by atoms with van der Waals surface area (Å²) in [6.07, 6.45) is 0. The molecular weight excluding hydrogens is 426 g/mol. The third-order valence-electron chi connectivity index (χ3n) is 3.27. The zero-order chi connectivity index (χ0) is 16.8. The normalized spacial score (nSPS) is 12.0. The van der Waals surface area contributed by atoms with Gasteiger partial charge in [-0.05, 0) is 62.0 Å². The van der Waals surface area contributed by atoms with Crippen LogP contribution in [0, 0.1) is 0 Å². The molecule has 0 aliphatic carbocycles. The Morgan fingerprint density at radius 2 is 1.78 bits per heavy atom. The fraction of sp³-hybridized carbons (Fsp3) is 0.235. The molecule has 0 heterocycles. The van der Waals surface area contributed by atoms with Gasteiger partial charge in [-0.1, -0.05) is 30.3 Å². The van der Waals surface area contributed by atoms with Crippen LogP contribution in [0.25, 0.3) is 0 Å². The third-order valence-corrected chi connectivity index (χ3v) is 4.44. The molecule has 0 spiro atoms. The van der Waals surface area contributed by atoms with Gasteiger partial charge in [-0.15, -0.1) is 0 Å². The van der Waals surface area contributed by atoms with Gasteiger partial charge in [0.1, 0.15) is 18.4 Å². The SMILES string of the molecule is CC(NCc1cc(Br)c(OCc2ccccc2)c(Br)c1)C(=O)O. The summed E-state index contributed by atoms with van der Waals surface area (Å²) >= 11 is 7.02. The van der Waals surface area contributed by atoms with Gasteiger partial charge in [0.15, 0.2) is 0 Å². The van der Waals surface area contributed by atoms with E-state index in [1.165, 1.54) is 0 Å². The molecule has 4 nitrogen and oxygen atoms in total. The number of benzene rings is 2. The monoisotopic (exact) mass is 441 g/mol. The van der Waals surface area contributed by atoms with Crippen molar-refractivity contribution in [3.63, 3.8) is 0 Å². The first kappa shape index (κ1) is 18.0. The summed E-state index contributed by atoms with van der Waals surface area (Å²) in [6, 6.07) is 13.2. The molecule has 0 fully saturated rings. The number of rotatable bonds is 7. The largest absolute Gasteiger partial charge is 0.487 e. The Hall–Kier alpha value is -1.37. The Morgan fingerprint density at radius 1 is 1.17 bits per heavy atom. The fourth-order valence-electron chi connectivity index (χ4n) is 1.94. The van der Waals surface area contributed by atoms with Gasteiger partial charge >= 0.3 is 5.97 Å². The van der Waals surface area contributed by atoms with E-state index >= 15 is 0 Å². The highest BCUT2D eigenvalue weighted by molar-refractivity contribution is 9.11. The summed E-state index contributed by atoms with van der Waals surface area (Å²) in [4.78, 5) is 10.8. The highest BCUT2D eigenvalue weighted by Gasteiger charge is 2.12. The van der Waals surface area contributed by atoms with Crippen molar-refractivity contribution >= 4 is 37.8 Å². The summed E-state index contributed by atoms with van der Waals surface area (Å²) in [5.74, 6) is -0.144. The van der Waals surface area contributed by atoms with Crippen LogP contribution in [0.3, 0.4) is 0 Å². The number of carboxylic acids is 1. The van der Waals surface area contributed by atoms with E-state index in [0.29, 0.717) is 13.2 Å². The summed E-state index contributed by atoms with van der Waals surface area (Å²) < 4.78 is 7.51. The zero-order valence-electron chi connectivity index (χ0n) is 12.6. The van der Waals surface area contributed by atoms with E-state index < -0.39 is 12.0 Å². The van der Waals surface area contributed by atoms with Crippen molar-refractivity contribution in [2.75, 3.05) is 0 Å². The van der Waals surface area contributed by atoms with Crippen LogP contribution in [-0.2, 0) is 17.9 Å². The maximum absolute atomic E-state index is 10.8. The lowest BCUT2D eigenvalue weighted by atomic mass is 10.2. The number of aliphatic carboxylic acids is 1. The van der Waals surface area contributed by atoms with Gasteiger partial charge in [-0.3, -0.25) is 4.79 Å². The Kier molecular flexibility index (Phi) is 6.62. The minimum absolute atomic E-state index is 0.462. The molecule has 6 heteroatoms. The number of hydrogen-bond donors (Lipinski definition) is 2. The Bertz CT molecular complexity index is 654. The molecule has 0 saturated carbocycles. The Labute approximate surface area is 152 Å². The summed E-state index contributed by atoms with van der Waals surface area (Å²) in [5.41, 5.74) is 2.05. The highest BCUT2D eigenvalue weighted by Crippen LogP contribution is 2.35. The van der Waals surface area contributed by atoms with Crippen molar-refractivity contribution < 1.29 is 14.6 Å². The van der Waals surface area contributed by atoms with Gasteiger partial charge in [0, 0.05) is 6.54 Å². The predicted octanol–water partition coefficient (Wildman–Crippen LogP) is 4.35. The molecule has 122 valence electrons.